The van der Waals surface area contributed by atoms with Crippen LogP contribution in [0.3, 0.4) is 0 Å². The summed E-state index contributed by atoms with van der Waals surface area (Å²) in [6.45, 7) is 4.78. The van der Waals surface area contributed by atoms with Gasteiger partial charge in [-0.3, -0.25) is 9.36 Å². The van der Waals surface area contributed by atoms with Crippen LogP contribution in [0.1, 0.15) is 296 Å². The lowest BCUT2D eigenvalue weighted by atomic mass is 10.0. The molecule has 0 saturated carbocycles. The first-order valence-corrected chi connectivity index (χ1v) is 29.8. The molecule has 64 heavy (non-hydrogen) atoms. The summed E-state index contributed by atoms with van der Waals surface area (Å²) in [5, 5.41) is 14.0. The zero-order valence-corrected chi connectivity index (χ0v) is 44.7. The van der Waals surface area contributed by atoms with Crippen molar-refractivity contribution in [2.45, 2.75) is 309 Å². The molecule has 0 fully saturated rings. The lowest BCUT2D eigenvalue weighted by Crippen LogP contribution is -2.46. The topological polar surface area (TPSA) is 108 Å². The molecule has 0 heterocycles. The first kappa shape index (κ1) is 63.5. The molecule has 0 aromatic heterocycles. The molecular formula is C55H113N2O6P. The Kier molecular flexibility index (Phi) is 47.2. The molecule has 0 aliphatic heterocycles. The van der Waals surface area contributed by atoms with Gasteiger partial charge in [-0.1, -0.05) is 277 Å². The molecule has 0 spiro atoms. The predicted octanol–water partition coefficient (Wildman–Crippen LogP) is 16.2. The van der Waals surface area contributed by atoms with Gasteiger partial charge in [0.05, 0.1) is 39.9 Å². The van der Waals surface area contributed by atoms with Crippen LogP contribution in [0, 0.1) is 0 Å². The van der Waals surface area contributed by atoms with E-state index in [2.05, 4.69) is 19.2 Å². The monoisotopic (exact) mass is 929 g/mol. The molecule has 0 bridgehead atoms. The van der Waals surface area contributed by atoms with Gasteiger partial charge in [0.1, 0.15) is 13.2 Å². The van der Waals surface area contributed by atoms with E-state index in [0.717, 1.165) is 38.5 Å². The van der Waals surface area contributed by atoms with Gasteiger partial charge >= 0.3 is 0 Å². The molecule has 3 unspecified atom stereocenters. The number of aliphatic hydroxyl groups is 1. The highest BCUT2D eigenvalue weighted by molar-refractivity contribution is 7.45. The fourth-order valence-electron chi connectivity index (χ4n) is 8.87. The van der Waals surface area contributed by atoms with Crippen LogP contribution in [0.2, 0.25) is 0 Å². The van der Waals surface area contributed by atoms with Crippen LogP contribution < -0.4 is 10.2 Å². The number of likely N-dealkylation sites (N-methyl/N-ethyl adjacent to an activating group) is 1. The number of nitrogens with zero attached hydrogens (tertiary/aromatic N) is 1. The first-order chi connectivity index (χ1) is 31.0. The van der Waals surface area contributed by atoms with Crippen LogP contribution in [0.5, 0.6) is 0 Å². The minimum Gasteiger partial charge on any atom is -0.756 e. The van der Waals surface area contributed by atoms with Crippen molar-refractivity contribution >= 4 is 13.7 Å². The number of hydrogen-bond acceptors (Lipinski definition) is 6. The van der Waals surface area contributed by atoms with Crippen LogP contribution in [0.25, 0.3) is 0 Å². The average Bonchev–Trinajstić information content (AvgIpc) is 3.25. The number of phosphoric acid groups is 1. The Hall–Kier alpha value is -0.500. The Bertz CT molecular complexity index is 1010. The maximum absolute atomic E-state index is 13.0. The molecule has 0 aromatic rings. The summed E-state index contributed by atoms with van der Waals surface area (Å²) in [5.41, 5.74) is 0. The molecule has 0 saturated heterocycles. The van der Waals surface area contributed by atoms with Gasteiger partial charge in [-0.2, -0.15) is 0 Å². The van der Waals surface area contributed by atoms with Gasteiger partial charge in [0, 0.05) is 6.42 Å². The number of hydrogen-bond donors (Lipinski definition) is 2. The normalized spacial score (nSPS) is 13.9. The number of carbonyl (C=O) groups is 1. The number of aliphatic hydroxyl groups excluding tert-OH is 1. The first-order valence-electron chi connectivity index (χ1n) is 28.4. The number of nitrogens with one attached hydrogen (secondary N) is 1. The van der Waals surface area contributed by atoms with Gasteiger partial charge in [0.25, 0.3) is 7.82 Å². The van der Waals surface area contributed by atoms with Crippen LogP contribution in [-0.4, -0.2) is 68.5 Å². The van der Waals surface area contributed by atoms with Gasteiger partial charge < -0.3 is 28.8 Å². The van der Waals surface area contributed by atoms with Crippen molar-refractivity contribution in [1.82, 2.24) is 5.32 Å². The van der Waals surface area contributed by atoms with E-state index in [9.17, 15) is 19.4 Å². The van der Waals surface area contributed by atoms with Crippen molar-refractivity contribution in [2.75, 3.05) is 40.9 Å². The lowest BCUT2D eigenvalue weighted by molar-refractivity contribution is -0.870. The Morgan fingerprint density at radius 1 is 0.484 bits per heavy atom. The van der Waals surface area contributed by atoms with Crippen molar-refractivity contribution in [3.05, 3.63) is 0 Å². The summed E-state index contributed by atoms with van der Waals surface area (Å²) < 4.78 is 23.4. The Labute approximate surface area is 399 Å². The second-order valence-electron chi connectivity index (χ2n) is 21.0. The largest absolute Gasteiger partial charge is 0.756 e. The fraction of sp³-hybridized carbons (Fsp3) is 0.982. The summed E-state index contributed by atoms with van der Waals surface area (Å²) in [6, 6.07) is -0.795. The molecule has 0 aliphatic rings. The summed E-state index contributed by atoms with van der Waals surface area (Å²) in [5.74, 6) is -0.157. The number of quaternary nitrogens is 1. The minimum atomic E-state index is -4.57. The third-order valence-electron chi connectivity index (χ3n) is 13.3. The van der Waals surface area contributed by atoms with E-state index in [-0.39, 0.29) is 19.1 Å². The van der Waals surface area contributed by atoms with Crippen molar-refractivity contribution in [3.63, 3.8) is 0 Å². The van der Waals surface area contributed by atoms with Crippen molar-refractivity contribution in [2.24, 2.45) is 0 Å². The number of unbranched alkanes of at least 4 members (excludes halogenated alkanes) is 40. The van der Waals surface area contributed by atoms with E-state index in [4.69, 9.17) is 9.05 Å². The smallest absolute Gasteiger partial charge is 0.268 e. The third kappa shape index (κ3) is 49.4. The Morgan fingerprint density at radius 3 is 1.06 bits per heavy atom. The molecule has 8 nitrogen and oxygen atoms in total. The maximum atomic E-state index is 13.0. The second-order valence-corrected chi connectivity index (χ2v) is 22.4. The minimum absolute atomic E-state index is 0.0166. The molecule has 2 N–H and O–H groups in total. The Balaban J connectivity index is 4.15. The van der Waals surface area contributed by atoms with Gasteiger partial charge in [-0.05, 0) is 12.8 Å². The average molecular weight is 929 g/mol. The fourth-order valence-corrected chi connectivity index (χ4v) is 9.59. The van der Waals surface area contributed by atoms with E-state index in [1.165, 1.54) is 231 Å². The SMILES string of the molecule is CCCCCCCCCCCCCCCCCCCCCCCCC(O)C(COP(=O)([O-])OCC[N+](C)(C)C)NC(=O)CCCCCCCCCCCCCCCCCCCCCC. The number of amides is 1. The molecule has 0 rings (SSSR count). The van der Waals surface area contributed by atoms with Crippen molar-refractivity contribution < 1.29 is 32.9 Å². The highest BCUT2D eigenvalue weighted by Crippen LogP contribution is 2.38. The van der Waals surface area contributed by atoms with Gasteiger partial charge in [-0.15, -0.1) is 0 Å². The van der Waals surface area contributed by atoms with Gasteiger partial charge in [0.15, 0.2) is 0 Å². The van der Waals surface area contributed by atoms with Crippen LogP contribution in [0.4, 0.5) is 0 Å². The number of rotatable bonds is 53. The van der Waals surface area contributed by atoms with Gasteiger partial charge in [0.2, 0.25) is 5.91 Å². The van der Waals surface area contributed by atoms with E-state index in [1.807, 2.05) is 21.1 Å². The molecular weight excluding hydrogens is 816 g/mol. The van der Waals surface area contributed by atoms with Crippen LogP contribution >= 0.6 is 7.82 Å². The van der Waals surface area contributed by atoms with Gasteiger partial charge in [-0.25, -0.2) is 0 Å². The van der Waals surface area contributed by atoms with Crippen LogP contribution in [-0.2, 0) is 18.4 Å². The molecule has 3 atom stereocenters. The van der Waals surface area contributed by atoms with E-state index >= 15 is 0 Å². The zero-order valence-electron chi connectivity index (χ0n) is 43.8. The van der Waals surface area contributed by atoms with E-state index < -0.39 is 20.0 Å². The predicted molar refractivity (Wildman–Crippen MR) is 275 cm³/mol. The second kappa shape index (κ2) is 47.6. The summed E-state index contributed by atoms with van der Waals surface area (Å²) >= 11 is 0. The third-order valence-corrected chi connectivity index (χ3v) is 14.3. The summed E-state index contributed by atoms with van der Waals surface area (Å²) in [4.78, 5) is 25.5. The molecule has 0 aliphatic carbocycles. The number of phosphoric ester groups is 1. The summed E-state index contributed by atoms with van der Waals surface area (Å²) in [6.07, 6.45) is 55.5. The van der Waals surface area contributed by atoms with Crippen molar-refractivity contribution in [1.29, 1.82) is 0 Å². The van der Waals surface area contributed by atoms with Crippen molar-refractivity contribution in [3.8, 4) is 0 Å². The Morgan fingerprint density at radius 2 is 0.766 bits per heavy atom. The molecule has 0 radical (unpaired) electrons. The highest BCUT2D eigenvalue weighted by atomic mass is 31.2. The van der Waals surface area contributed by atoms with E-state index in [0.29, 0.717) is 23.9 Å². The molecule has 9 heteroatoms. The van der Waals surface area contributed by atoms with Crippen LogP contribution in [0.15, 0.2) is 0 Å². The highest BCUT2D eigenvalue weighted by Gasteiger charge is 2.24. The molecule has 384 valence electrons. The van der Waals surface area contributed by atoms with E-state index in [1.54, 1.807) is 0 Å². The molecule has 1 amide bonds. The number of carbonyl (C=O) groups excluding carboxylic acids is 1. The maximum Gasteiger partial charge on any atom is 0.268 e. The standard InChI is InChI=1S/C55H113N2O6P/c1-6-8-10-12-14-16-18-20-22-24-26-28-29-30-32-34-36-38-40-42-44-46-48-54(58)53(52-63-64(60,61)62-51-50-57(3,4)5)56-55(59)49-47-45-43-41-39-37-35-33-31-27-25-23-21-19-17-15-13-11-9-7-2/h53-54,58H,6-52H2,1-5H3,(H-,56,59,60,61). The summed E-state index contributed by atoms with van der Waals surface area (Å²) in [7, 11) is 1.32. The molecule has 0 aromatic carbocycles. The lowest BCUT2D eigenvalue weighted by Gasteiger charge is -2.30. The quantitative estimate of drug-likeness (QED) is 0.0357. The zero-order chi connectivity index (χ0) is 47.1.